The van der Waals surface area contributed by atoms with Crippen LogP contribution in [0.5, 0.6) is 0 Å². The van der Waals surface area contributed by atoms with E-state index in [1.807, 2.05) is 32.0 Å². The third-order valence-electron chi connectivity index (χ3n) is 5.88. The van der Waals surface area contributed by atoms with Crippen molar-refractivity contribution in [3.05, 3.63) is 88.2 Å². The van der Waals surface area contributed by atoms with E-state index in [-0.39, 0.29) is 5.91 Å². The Morgan fingerprint density at radius 1 is 0.868 bits per heavy atom. The first kappa shape index (κ1) is 35.4. The summed E-state index contributed by atoms with van der Waals surface area (Å²) >= 11 is 11.7. The fourth-order valence-electron chi connectivity index (χ4n) is 3.32. The predicted octanol–water partition coefficient (Wildman–Crippen LogP) is 8.40. The molecule has 1 amide bonds. The summed E-state index contributed by atoms with van der Waals surface area (Å²) in [7, 11) is 2.09. The van der Waals surface area contributed by atoms with E-state index in [9.17, 15) is 4.79 Å². The van der Waals surface area contributed by atoms with Crippen molar-refractivity contribution >= 4 is 40.6 Å². The smallest absolute Gasteiger partial charge is 0.229 e. The zero-order chi connectivity index (χ0) is 29.4. The molecule has 0 heterocycles. The zero-order valence-corrected chi connectivity index (χ0v) is 26.2. The molecule has 2 aromatic rings. The second-order valence-electron chi connectivity index (χ2n) is 8.59. The van der Waals surface area contributed by atoms with Gasteiger partial charge in [0.15, 0.2) is 0 Å². The van der Waals surface area contributed by atoms with Crippen LogP contribution in [0.1, 0.15) is 52.7 Å². The van der Waals surface area contributed by atoms with Gasteiger partial charge < -0.3 is 9.80 Å². The van der Waals surface area contributed by atoms with E-state index >= 15 is 0 Å². The molecule has 38 heavy (non-hydrogen) atoms. The van der Waals surface area contributed by atoms with Crippen molar-refractivity contribution in [1.29, 1.82) is 0 Å². The fraction of sp³-hybridized carbons (Fsp3) is 0.419. The Kier molecular flexibility index (Phi) is 17.3. The lowest BCUT2D eigenvalue weighted by molar-refractivity contribution is -0.115. The van der Waals surface area contributed by atoms with Crippen molar-refractivity contribution in [1.82, 2.24) is 9.80 Å². The van der Waals surface area contributed by atoms with Gasteiger partial charge in [-0.15, -0.1) is 0 Å². The van der Waals surface area contributed by atoms with Crippen LogP contribution in [0.15, 0.2) is 72.0 Å². The first-order chi connectivity index (χ1) is 17.9. The molecule has 0 fully saturated rings. The van der Waals surface area contributed by atoms with Crippen molar-refractivity contribution < 1.29 is 4.79 Å². The molecule has 0 bridgehead atoms. The lowest BCUT2D eigenvalue weighted by Gasteiger charge is -2.28. The number of likely N-dealkylation sites (N-methyl/N-ethyl adjacent to an activating group) is 2. The number of carbonyl (C=O) groups excluding carboxylic acids is 1. The van der Waals surface area contributed by atoms with Gasteiger partial charge in [0, 0.05) is 36.6 Å². The Morgan fingerprint density at radius 3 is 1.87 bits per heavy atom. The van der Waals surface area contributed by atoms with Crippen LogP contribution in [0.4, 0.5) is 5.69 Å². The fourth-order valence-corrected chi connectivity index (χ4v) is 3.67. The number of rotatable bonds is 9. The molecule has 0 N–H and O–H groups in total. The minimum atomic E-state index is -0.131. The van der Waals surface area contributed by atoms with Gasteiger partial charge in [-0.3, -0.25) is 9.69 Å². The van der Waals surface area contributed by atoms with E-state index in [4.69, 9.17) is 23.2 Å². The molecule has 2 rings (SSSR count). The number of aliphatic imine (C=N–C) groups is 1. The van der Waals surface area contributed by atoms with Gasteiger partial charge in [0.1, 0.15) is 5.84 Å². The number of amides is 1. The summed E-state index contributed by atoms with van der Waals surface area (Å²) in [6.07, 6.45) is 0. The quantitative estimate of drug-likeness (QED) is 0.175. The molecule has 0 aliphatic rings. The normalized spacial score (nSPS) is 10.6. The molecule has 2 aromatic carbocycles. The van der Waals surface area contributed by atoms with E-state index in [0.29, 0.717) is 22.2 Å². The summed E-state index contributed by atoms with van der Waals surface area (Å²) in [6.45, 7) is 27.4. The van der Waals surface area contributed by atoms with Gasteiger partial charge in [0.2, 0.25) is 5.91 Å². The molecule has 7 heteroatoms. The summed E-state index contributed by atoms with van der Waals surface area (Å²) < 4.78 is 0. The SMILES string of the molecule is C=C(N=C(C)N(C(C)=O)c1ccc(Cl)cc1)C(=C)N(CC)CCN(C)CC.CC.Cc1ccc(Cl)cc1C. The molecule has 0 saturated heterocycles. The van der Waals surface area contributed by atoms with Gasteiger partial charge in [-0.05, 0) is 88.8 Å². The minimum absolute atomic E-state index is 0.131. The van der Waals surface area contributed by atoms with E-state index in [1.54, 1.807) is 31.2 Å². The monoisotopic (exact) mass is 560 g/mol. The number of halogens is 2. The van der Waals surface area contributed by atoms with Crippen LogP contribution < -0.4 is 4.90 Å². The maximum atomic E-state index is 12.2. The van der Waals surface area contributed by atoms with Crippen LogP contribution in [0.3, 0.4) is 0 Å². The van der Waals surface area contributed by atoms with Gasteiger partial charge in [-0.2, -0.15) is 0 Å². The molecule has 0 unspecified atom stereocenters. The standard InChI is InChI=1S/C21H31ClN4O.C8H9Cl.C2H6/c1-8-24(7)14-15-25(9-2)17(4)16(3)23-18(5)26(19(6)27)21-12-10-20(22)11-13-21;1-6-3-4-8(9)5-7(6)2;1-2/h10-13H,3-4,8-9,14-15H2,1-2,5-7H3;3-5H,1-2H3;1-2H3. The first-order valence-electron chi connectivity index (χ1n) is 13.1. The highest BCUT2D eigenvalue weighted by atomic mass is 35.5. The third kappa shape index (κ3) is 12.3. The first-order valence-corrected chi connectivity index (χ1v) is 13.8. The summed E-state index contributed by atoms with van der Waals surface area (Å²) in [5, 5.41) is 1.43. The van der Waals surface area contributed by atoms with Crippen molar-refractivity contribution in [2.75, 3.05) is 38.1 Å². The number of aryl methyl sites for hydroxylation is 2. The highest BCUT2D eigenvalue weighted by Gasteiger charge is 2.16. The van der Waals surface area contributed by atoms with Crippen LogP contribution in [0, 0.1) is 13.8 Å². The Labute approximate surface area is 241 Å². The molecular weight excluding hydrogens is 515 g/mol. The molecule has 0 spiro atoms. The zero-order valence-electron chi connectivity index (χ0n) is 24.7. The molecular formula is C31H46Cl2N4O. The van der Waals surface area contributed by atoms with E-state index in [2.05, 4.69) is 62.7 Å². The van der Waals surface area contributed by atoms with Gasteiger partial charge in [0.05, 0.1) is 17.1 Å². The molecule has 0 atom stereocenters. The topological polar surface area (TPSA) is 39.2 Å². The summed E-state index contributed by atoms with van der Waals surface area (Å²) in [5.74, 6) is 0.409. The van der Waals surface area contributed by atoms with Gasteiger partial charge in [-0.25, -0.2) is 4.99 Å². The van der Waals surface area contributed by atoms with Gasteiger partial charge in [-0.1, -0.05) is 63.2 Å². The lowest BCUT2D eigenvalue weighted by Crippen LogP contribution is -2.34. The van der Waals surface area contributed by atoms with Gasteiger partial charge >= 0.3 is 0 Å². The van der Waals surface area contributed by atoms with Crippen LogP contribution in [0.2, 0.25) is 10.0 Å². The highest BCUT2D eigenvalue weighted by Crippen LogP contribution is 2.21. The summed E-state index contributed by atoms with van der Waals surface area (Å²) in [5.41, 5.74) is 4.57. The molecule has 210 valence electrons. The lowest BCUT2D eigenvalue weighted by atomic mass is 10.1. The van der Waals surface area contributed by atoms with Crippen LogP contribution in [-0.2, 0) is 4.79 Å². The molecule has 0 radical (unpaired) electrons. The number of anilines is 1. The molecule has 0 aliphatic heterocycles. The van der Waals surface area contributed by atoms with Crippen LogP contribution >= 0.6 is 23.2 Å². The Bertz CT molecular complexity index is 1060. The number of hydrogen-bond donors (Lipinski definition) is 0. The van der Waals surface area contributed by atoms with Crippen molar-refractivity contribution in [3.8, 4) is 0 Å². The number of benzene rings is 2. The Morgan fingerprint density at radius 2 is 1.42 bits per heavy atom. The van der Waals surface area contributed by atoms with Crippen molar-refractivity contribution in [2.45, 2.75) is 55.4 Å². The predicted molar refractivity (Wildman–Crippen MR) is 169 cm³/mol. The van der Waals surface area contributed by atoms with Crippen LogP contribution in [-0.4, -0.2) is 54.8 Å². The highest BCUT2D eigenvalue weighted by molar-refractivity contribution is 6.31. The van der Waals surface area contributed by atoms with Crippen LogP contribution in [0.25, 0.3) is 0 Å². The second-order valence-corrected chi connectivity index (χ2v) is 9.46. The van der Waals surface area contributed by atoms with E-state index in [0.717, 1.165) is 36.9 Å². The number of hydrogen-bond acceptors (Lipinski definition) is 4. The number of nitrogens with zero attached hydrogens (tertiary/aromatic N) is 4. The second kappa shape index (κ2) is 18.6. The van der Waals surface area contributed by atoms with Gasteiger partial charge in [0.25, 0.3) is 0 Å². The molecule has 0 aromatic heterocycles. The Balaban J connectivity index is 0.00000103. The maximum Gasteiger partial charge on any atom is 0.229 e. The third-order valence-corrected chi connectivity index (χ3v) is 6.36. The largest absolute Gasteiger partial charge is 0.369 e. The number of amidine groups is 1. The molecule has 0 saturated carbocycles. The summed E-state index contributed by atoms with van der Waals surface area (Å²) in [4.78, 5) is 22.6. The summed E-state index contributed by atoms with van der Waals surface area (Å²) in [6, 6.07) is 13.0. The minimum Gasteiger partial charge on any atom is -0.369 e. The van der Waals surface area contributed by atoms with Crippen molar-refractivity contribution in [3.63, 3.8) is 0 Å². The van der Waals surface area contributed by atoms with Crippen molar-refractivity contribution in [2.24, 2.45) is 4.99 Å². The average molecular weight is 562 g/mol. The molecule has 0 aliphatic carbocycles. The number of carbonyl (C=O) groups is 1. The van der Waals surface area contributed by atoms with E-state index < -0.39 is 0 Å². The maximum absolute atomic E-state index is 12.2. The Hall–Kier alpha value is -2.60. The van der Waals surface area contributed by atoms with E-state index in [1.165, 1.54) is 23.0 Å². The average Bonchev–Trinajstić information content (AvgIpc) is 2.89. The molecule has 5 nitrogen and oxygen atoms in total.